The predicted molar refractivity (Wildman–Crippen MR) is 78.5 cm³/mol. The highest BCUT2D eigenvalue weighted by atomic mass is 32.1. The standard InChI is InChI=1S/C14H18N2OS/c1-2-17-13-5-3-4-12(14(13)15)16-8-6-11-7-9-18-10-11/h3-5,7,9-10,16H,2,6,8,15H2,1H3. The second-order valence-electron chi connectivity index (χ2n) is 3.96. The van der Waals surface area contributed by atoms with Crippen LogP contribution in [0, 0.1) is 0 Å². The van der Waals surface area contributed by atoms with Gasteiger partial charge in [-0.1, -0.05) is 6.07 Å². The number of nitrogens with one attached hydrogen (secondary N) is 1. The zero-order valence-electron chi connectivity index (χ0n) is 10.5. The number of para-hydroxylation sites is 1. The van der Waals surface area contributed by atoms with Crippen molar-refractivity contribution < 1.29 is 4.74 Å². The van der Waals surface area contributed by atoms with Gasteiger partial charge in [0.2, 0.25) is 0 Å². The summed E-state index contributed by atoms with van der Waals surface area (Å²) < 4.78 is 5.47. The number of benzene rings is 1. The van der Waals surface area contributed by atoms with Gasteiger partial charge in [-0.2, -0.15) is 11.3 Å². The van der Waals surface area contributed by atoms with Gasteiger partial charge in [0.05, 0.1) is 18.0 Å². The number of nitrogens with two attached hydrogens (primary N) is 1. The van der Waals surface area contributed by atoms with Crippen molar-refractivity contribution in [1.82, 2.24) is 0 Å². The monoisotopic (exact) mass is 262 g/mol. The van der Waals surface area contributed by atoms with Gasteiger partial charge in [-0.3, -0.25) is 0 Å². The van der Waals surface area contributed by atoms with Crippen LogP contribution in [-0.4, -0.2) is 13.2 Å². The molecule has 0 radical (unpaired) electrons. The van der Waals surface area contributed by atoms with E-state index in [1.165, 1.54) is 5.56 Å². The Kier molecular flexibility index (Phi) is 4.47. The normalized spacial score (nSPS) is 10.3. The summed E-state index contributed by atoms with van der Waals surface area (Å²) in [6, 6.07) is 7.97. The van der Waals surface area contributed by atoms with Gasteiger partial charge >= 0.3 is 0 Å². The van der Waals surface area contributed by atoms with E-state index in [2.05, 4.69) is 22.1 Å². The minimum Gasteiger partial charge on any atom is -0.492 e. The number of hydrogen-bond acceptors (Lipinski definition) is 4. The molecule has 0 saturated carbocycles. The highest BCUT2D eigenvalue weighted by Gasteiger charge is 2.04. The van der Waals surface area contributed by atoms with Crippen molar-refractivity contribution >= 4 is 22.7 Å². The lowest BCUT2D eigenvalue weighted by molar-refractivity contribution is 0.342. The lowest BCUT2D eigenvalue weighted by Gasteiger charge is -2.12. The molecule has 2 aromatic rings. The van der Waals surface area contributed by atoms with Crippen molar-refractivity contribution in [3.63, 3.8) is 0 Å². The van der Waals surface area contributed by atoms with Gasteiger partial charge in [-0.15, -0.1) is 0 Å². The van der Waals surface area contributed by atoms with Crippen LogP contribution in [-0.2, 0) is 6.42 Å². The second kappa shape index (κ2) is 6.31. The lowest BCUT2D eigenvalue weighted by Crippen LogP contribution is -2.07. The van der Waals surface area contributed by atoms with E-state index in [4.69, 9.17) is 10.5 Å². The highest BCUT2D eigenvalue weighted by Crippen LogP contribution is 2.29. The number of hydrogen-bond donors (Lipinski definition) is 2. The first kappa shape index (κ1) is 12.8. The predicted octanol–water partition coefficient (Wildman–Crippen LogP) is 3.38. The first-order chi connectivity index (χ1) is 8.81. The highest BCUT2D eigenvalue weighted by molar-refractivity contribution is 7.07. The molecule has 0 aliphatic heterocycles. The molecule has 0 saturated heterocycles. The van der Waals surface area contributed by atoms with Gasteiger partial charge in [0.1, 0.15) is 5.75 Å². The summed E-state index contributed by atoms with van der Waals surface area (Å²) in [4.78, 5) is 0. The SMILES string of the molecule is CCOc1cccc(NCCc2ccsc2)c1N. The van der Waals surface area contributed by atoms with Gasteiger partial charge in [0.25, 0.3) is 0 Å². The molecule has 0 spiro atoms. The van der Waals surface area contributed by atoms with E-state index in [9.17, 15) is 0 Å². The molecule has 1 aromatic carbocycles. The average Bonchev–Trinajstić information content (AvgIpc) is 2.87. The van der Waals surface area contributed by atoms with Crippen molar-refractivity contribution in [2.75, 3.05) is 24.2 Å². The summed E-state index contributed by atoms with van der Waals surface area (Å²) in [7, 11) is 0. The van der Waals surface area contributed by atoms with Crippen LogP contribution in [0.25, 0.3) is 0 Å². The molecule has 1 heterocycles. The molecule has 96 valence electrons. The summed E-state index contributed by atoms with van der Waals surface area (Å²) in [6.45, 7) is 3.45. The van der Waals surface area contributed by atoms with Gasteiger partial charge < -0.3 is 15.8 Å². The summed E-state index contributed by atoms with van der Waals surface area (Å²) in [5.41, 5.74) is 9.02. The van der Waals surface area contributed by atoms with Crippen LogP contribution < -0.4 is 15.8 Å². The molecule has 4 heteroatoms. The molecule has 3 N–H and O–H groups in total. The molecule has 0 unspecified atom stereocenters. The maximum atomic E-state index is 6.04. The third-order valence-corrected chi connectivity index (χ3v) is 3.41. The number of thiophene rings is 1. The summed E-state index contributed by atoms with van der Waals surface area (Å²) in [6.07, 6.45) is 1.00. The van der Waals surface area contributed by atoms with Crippen molar-refractivity contribution in [3.8, 4) is 5.75 Å². The molecule has 0 atom stereocenters. The molecule has 18 heavy (non-hydrogen) atoms. The summed E-state index contributed by atoms with van der Waals surface area (Å²) in [5.74, 6) is 0.748. The Balaban J connectivity index is 1.94. The van der Waals surface area contributed by atoms with Crippen molar-refractivity contribution in [3.05, 3.63) is 40.6 Å². The van der Waals surface area contributed by atoms with E-state index < -0.39 is 0 Å². The Morgan fingerprint density at radius 1 is 1.33 bits per heavy atom. The Bertz CT molecular complexity index is 483. The summed E-state index contributed by atoms with van der Waals surface area (Å²) in [5, 5.41) is 7.61. The quantitative estimate of drug-likeness (QED) is 0.784. The Morgan fingerprint density at radius 2 is 2.22 bits per heavy atom. The molecule has 1 aromatic heterocycles. The lowest BCUT2D eigenvalue weighted by atomic mass is 10.2. The van der Waals surface area contributed by atoms with Gasteiger partial charge in [-0.05, 0) is 47.9 Å². The Labute approximate surface area is 112 Å². The van der Waals surface area contributed by atoms with E-state index in [0.717, 1.165) is 24.4 Å². The first-order valence-corrected chi connectivity index (χ1v) is 7.01. The number of anilines is 2. The molecule has 0 fully saturated rings. The molecule has 2 rings (SSSR count). The minimum absolute atomic E-state index is 0.628. The molecule has 0 aliphatic rings. The van der Waals surface area contributed by atoms with E-state index in [0.29, 0.717) is 12.3 Å². The largest absolute Gasteiger partial charge is 0.492 e. The van der Waals surface area contributed by atoms with E-state index in [1.54, 1.807) is 11.3 Å². The zero-order valence-corrected chi connectivity index (χ0v) is 11.3. The van der Waals surface area contributed by atoms with Crippen LogP contribution in [0.15, 0.2) is 35.0 Å². The number of rotatable bonds is 6. The fourth-order valence-electron chi connectivity index (χ4n) is 1.76. The topological polar surface area (TPSA) is 47.3 Å². The third-order valence-electron chi connectivity index (χ3n) is 2.68. The number of ether oxygens (including phenoxy) is 1. The van der Waals surface area contributed by atoms with Crippen LogP contribution in [0.5, 0.6) is 5.75 Å². The fourth-order valence-corrected chi connectivity index (χ4v) is 2.46. The van der Waals surface area contributed by atoms with Crippen LogP contribution in [0.3, 0.4) is 0 Å². The Morgan fingerprint density at radius 3 is 2.94 bits per heavy atom. The fraction of sp³-hybridized carbons (Fsp3) is 0.286. The zero-order chi connectivity index (χ0) is 12.8. The maximum absolute atomic E-state index is 6.04. The smallest absolute Gasteiger partial charge is 0.144 e. The van der Waals surface area contributed by atoms with Gasteiger partial charge in [0, 0.05) is 6.54 Å². The molecule has 0 bridgehead atoms. The molecular weight excluding hydrogens is 244 g/mol. The molecule has 0 aliphatic carbocycles. The van der Waals surface area contributed by atoms with Crippen LogP contribution in [0.2, 0.25) is 0 Å². The molecular formula is C14H18N2OS. The van der Waals surface area contributed by atoms with Crippen molar-refractivity contribution in [2.24, 2.45) is 0 Å². The summed E-state index contributed by atoms with van der Waals surface area (Å²) >= 11 is 1.73. The molecule has 0 amide bonds. The van der Waals surface area contributed by atoms with Gasteiger partial charge in [0.15, 0.2) is 0 Å². The molecule has 3 nitrogen and oxygen atoms in total. The van der Waals surface area contributed by atoms with Crippen molar-refractivity contribution in [1.29, 1.82) is 0 Å². The van der Waals surface area contributed by atoms with E-state index in [-0.39, 0.29) is 0 Å². The minimum atomic E-state index is 0.628. The Hall–Kier alpha value is -1.68. The first-order valence-electron chi connectivity index (χ1n) is 6.07. The van der Waals surface area contributed by atoms with Crippen LogP contribution in [0.1, 0.15) is 12.5 Å². The van der Waals surface area contributed by atoms with Gasteiger partial charge in [-0.25, -0.2) is 0 Å². The van der Waals surface area contributed by atoms with Crippen LogP contribution in [0.4, 0.5) is 11.4 Å². The average molecular weight is 262 g/mol. The number of nitrogen functional groups attached to an aromatic ring is 1. The van der Waals surface area contributed by atoms with Crippen LogP contribution >= 0.6 is 11.3 Å². The van der Waals surface area contributed by atoms with E-state index >= 15 is 0 Å². The maximum Gasteiger partial charge on any atom is 0.144 e. The van der Waals surface area contributed by atoms with E-state index in [1.807, 2.05) is 25.1 Å². The van der Waals surface area contributed by atoms with Crippen molar-refractivity contribution in [2.45, 2.75) is 13.3 Å². The second-order valence-corrected chi connectivity index (χ2v) is 4.74. The third kappa shape index (κ3) is 3.17.